The Morgan fingerprint density at radius 1 is 1.06 bits per heavy atom. The first-order valence-electron chi connectivity index (χ1n) is 10.7. The molecule has 4 aromatic rings. The molecule has 1 amide bonds. The molecule has 0 unspecified atom stereocenters. The van der Waals surface area contributed by atoms with Crippen molar-refractivity contribution >= 4 is 45.6 Å². The van der Waals surface area contributed by atoms with Crippen LogP contribution in [0.5, 0.6) is 5.75 Å². The second-order valence-corrected chi connectivity index (χ2v) is 8.15. The Hall–Kier alpha value is -4.38. The monoisotopic (exact) mass is 490 g/mol. The normalized spacial score (nSPS) is 10.7. The number of aryl methyl sites for hydroxylation is 2. The summed E-state index contributed by atoms with van der Waals surface area (Å²) in [6.07, 6.45) is 0. The number of benzene rings is 3. The van der Waals surface area contributed by atoms with E-state index in [4.69, 9.17) is 17.0 Å². The third-order valence-corrected chi connectivity index (χ3v) is 5.45. The lowest BCUT2D eigenvalue weighted by Crippen LogP contribution is -2.34. The lowest BCUT2D eigenvalue weighted by molar-refractivity contribution is -0.385. The minimum Gasteiger partial charge on any atom is -0.494 e. The fourth-order valence-electron chi connectivity index (χ4n) is 3.44. The van der Waals surface area contributed by atoms with E-state index in [-0.39, 0.29) is 16.4 Å². The Balaban J connectivity index is 1.50. The summed E-state index contributed by atoms with van der Waals surface area (Å²) in [6.45, 7) is 6.00. The summed E-state index contributed by atoms with van der Waals surface area (Å²) in [7, 11) is 0. The molecule has 3 aromatic carbocycles. The van der Waals surface area contributed by atoms with Crippen molar-refractivity contribution in [2.45, 2.75) is 20.8 Å². The van der Waals surface area contributed by atoms with Crippen molar-refractivity contribution in [1.29, 1.82) is 0 Å². The van der Waals surface area contributed by atoms with E-state index >= 15 is 0 Å². The Kier molecular flexibility index (Phi) is 6.69. The number of amides is 1. The molecule has 0 atom stereocenters. The number of hydrogen-bond donors (Lipinski definition) is 2. The smallest absolute Gasteiger partial charge is 0.273 e. The predicted molar refractivity (Wildman–Crippen MR) is 136 cm³/mol. The van der Waals surface area contributed by atoms with Crippen molar-refractivity contribution in [2.75, 3.05) is 11.9 Å². The lowest BCUT2D eigenvalue weighted by atomic mass is 10.1. The van der Waals surface area contributed by atoms with Gasteiger partial charge in [0.1, 0.15) is 16.8 Å². The molecule has 0 bridgehead atoms. The van der Waals surface area contributed by atoms with Crippen LogP contribution in [-0.4, -0.2) is 37.5 Å². The van der Waals surface area contributed by atoms with Gasteiger partial charge in [-0.05, 0) is 81.0 Å². The van der Waals surface area contributed by atoms with E-state index in [1.54, 1.807) is 13.0 Å². The lowest BCUT2D eigenvalue weighted by Gasteiger charge is -2.12. The number of thiocarbonyl (C=S) groups is 1. The van der Waals surface area contributed by atoms with Crippen LogP contribution < -0.4 is 15.4 Å². The number of anilines is 1. The van der Waals surface area contributed by atoms with Crippen molar-refractivity contribution in [3.8, 4) is 11.4 Å². The van der Waals surface area contributed by atoms with Gasteiger partial charge in [0, 0.05) is 22.9 Å². The molecule has 0 aliphatic heterocycles. The fraction of sp³-hybridized carbons (Fsp3) is 0.167. The van der Waals surface area contributed by atoms with Gasteiger partial charge in [0.15, 0.2) is 5.11 Å². The van der Waals surface area contributed by atoms with Gasteiger partial charge in [-0.25, -0.2) is 0 Å². The number of carbonyl (C=O) groups is 1. The molecule has 0 fully saturated rings. The van der Waals surface area contributed by atoms with Crippen molar-refractivity contribution in [1.82, 2.24) is 20.3 Å². The molecule has 2 N–H and O–H groups in total. The molecule has 0 spiro atoms. The number of ether oxygens (including phenoxy) is 1. The predicted octanol–water partition coefficient (Wildman–Crippen LogP) is 4.47. The van der Waals surface area contributed by atoms with Crippen LogP contribution in [0.2, 0.25) is 0 Å². The van der Waals surface area contributed by atoms with Crippen LogP contribution in [-0.2, 0) is 0 Å². The zero-order valence-electron chi connectivity index (χ0n) is 19.2. The quantitative estimate of drug-likeness (QED) is 0.230. The van der Waals surface area contributed by atoms with Crippen LogP contribution in [0.4, 0.5) is 11.4 Å². The number of nitrogens with one attached hydrogen (secondary N) is 2. The number of carbonyl (C=O) groups excluding carboxylic acids is 1. The molecular formula is C24H22N6O4S. The first-order valence-corrected chi connectivity index (χ1v) is 11.1. The highest BCUT2D eigenvalue weighted by atomic mass is 32.1. The first-order chi connectivity index (χ1) is 16.7. The van der Waals surface area contributed by atoms with Crippen LogP contribution in [0.1, 0.15) is 28.4 Å². The molecule has 35 heavy (non-hydrogen) atoms. The van der Waals surface area contributed by atoms with Crippen molar-refractivity contribution in [3.05, 3.63) is 81.4 Å². The van der Waals surface area contributed by atoms with Crippen molar-refractivity contribution in [2.24, 2.45) is 0 Å². The van der Waals surface area contributed by atoms with E-state index in [2.05, 4.69) is 20.8 Å². The van der Waals surface area contributed by atoms with Gasteiger partial charge in [-0.15, -0.1) is 10.2 Å². The Bertz CT molecular complexity index is 1450. The van der Waals surface area contributed by atoms with Crippen molar-refractivity contribution < 1.29 is 14.5 Å². The summed E-state index contributed by atoms with van der Waals surface area (Å²) in [5, 5.41) is 25.8. The maximum Gasteiger partial charge on any atom is 0.273 e. The molecule has 1 aromatic heterocycles. The summed E-state index contributed by atoms with van der Waals surface area (Å²) in [6, 6.07) is 15.4. The van der Waals surface area contributed by atoms with Gasteiger partial charge in [-0.1, -0.05) is 6.07 Å². The molecule has 0 aliphatic rings. The number of hydrogen-bond acceptors (Lipinski definition) is 7. The molecular weight excluding hydrogens is 468 g/mol. The second-order valence-electron chi connectivity index (χ2n) is 7.74. The van der Waals surface area contributed by atoms with E-state index in [1.807, 2.05) is 44.2 Å². The van der Waals surface area contributed by atoms with E-state index in [0.717, 1.165) is 17.0 Å². The zero-order chi connectivity index (χ0) is 25.1. The highest BCUT2D eigenvalue weighted by Gasteiger charge is 2.16. The van der Waals surface area contributed by atoms with Gasteiger partial charge in [0.05, 0.1) is 17.2 Å². The second kappa shape index (κ2) is 9.85. The molecule has 10 nitrogen and oxygen atoms in total. The van der Waals surface area contributed by atoms with E-state index < -0.39 is 10.8 Å². The topological polar surface area (TPSA) is 124 Å². The number of aromatic nitrogens is 3. The largest absolute Gasteiger partial charge is 0.494 e. The molecule has 4 rings (SSSR count). The van der Waals surface area contributed by atoms with Gasteiger partial charge in [0.2, 0.25) is 0 Å². The Labute approximate surface area is 206 Å². The van der Waals surface area contributed by atoms with E-state index in [0.29, 0.717) is 28.9 Å². The minimum absolute atomic E-state index is 0.0552. The highest BCUT2D eigenvalue weighted by molar-refractivity contribution is 7.80. The molecule has 178 valence electrons. The summed E-state index contributed by atoms with van der Waals surface area (Å²) < 4.78 is 5.47. The van der Waals surface area contributed by atoms with Crippen molar-refractivity contribution in [3.63, 3.8) is 0 Å². The van der Waals surface area contributed by atoms with E-state index in [9.17, 15) is 14.9 Å². The number of rotatable bonds is 6. The molecule has 0 aliphatic carbocycles. The van der Waals surface area contributed by atoms with Gasteiger partial charge < -0.3 is 10.1 Å². The van der Waals surface area contributed by atoms with Crippen LogP contribution >= 0.6 is 12.2 Å². The first kappa shape index (κ1) is 23.8. The average molecular weight is 491 g/mol. The number of nitro groups is 1. The van der Waals surface area contributed by atoms with Crippen LogP contribution in [0.25, 0.3) is 16.7 Å². The van der Waals surface area contributed by atoms with Crippen LogP contribution in [0.3, 0.4) is 0 Å². The van der Waals surface area contributed by atoms with E-state index in [1.165, 1.54) is 23.0 Å². The van der Waals surface area contributed by atoms with Gasteiger partial charge in [-0.2, -0.15) is 4.80 Å². The number of nitro benzene ring substituents is 1. The molecule has 0 saturated carbocycles. The zero-order valence-corrected chi connectivity index (χ0v) is 20.0. The molecule has 11 heteroatoms. The maximum absolute atomic E-state index is 12.6. The summed E-state index contributed by atoms with van der Waals surface area (Å²) in [5.41, 5.74) is 4.08. The summed E-state index contributed by atoms with van der Waals surface area (Å²) >= 11 is 5.29. The molecule has 0 saturated heterocycles. The fourth-order valence-corrected chi connectivity index (χ4v) is 3.64. The third kappa shape index (κ3) is 5.25. The molecule has 1 heterocycles. The standard InChI is InChI=1S/C24H22N6O4S/c1-4-34-18-9-7-17(8-10-18)29-27-20-11-15(3)19(13-21(20)28-29)25-24(35)26-23(31)16-6-5-14(2)22(12-16)30(32)33/h5-13H,4H2,1-3H3,(H2,25,26,31,35). The van der Waals surface area contributed by atoms with Crippen LogP contribution in [0, 0.1) is 24.0 Å². The Morgan fingerprint density at radius 2 is 1.74 bits per heavy atom. The van der Waals surface area contributed by atoms with Crippen LogP contribution in [0.15, 0.2) is 54.6 Å². The third-order valence-electron chi connectivity index (χ3n) is 5.25. The maximum atomic E-state index is 12.6. The van der Waals surface area contributed by atoms with Gasteiger partial charge in [0.25, 0.3) is 11.6 Å². The van der Waals surface area contributed by atoms with Gasteiger partial charge >= 0.3 is 0 Å². The summed E-state index contributed by atoms with van der Waals surface area (Å²) in [5.74, 6) is 0.219. The SMILES string of the molecule is CCOc1ccc(-n2nc3cc(C)c(NC(=S)NC(=O)c4ccc(C)c([N+](=O)[O-])c4)cc3n2)cc1. The number of fused-ring (bicyclic) bond motifs is 1. The Morgan fingerprint density at radius 3 is 2.40 bits per heavy atom. The minimum atomic E-state index is -0.550. The summed E-state index contributed by atoms with van der Waals surface area (Å²) in [4.78, 5) is 24.7. The average Bonchev–Trinajstić information content (AvgIpc) is 3.22. The highest BCUT2D eigenvalue weighted by Crippen LogP contribution is 2.23. The number of nitrogens with zero attached hydrogens (tertiary/aromatic N) is 4. The van der Waals surface area contributed by atoms with Gasteiger partial charge in [-0.3, -0.25) is 20.2 Å². The molecule has 0 radical (unpaired) electrons.